The Hall–Kier alpha value is -0.610. The minimum atomic E-state index is -0.0230. The number of rotatable bonds is 2. The van der Waals surface area contributed by atoms with Gasteiger partial charge < -0.3 is 10.1 Å². The molecule has 1 N–H and O–H groups in total. The minimum absolute atomic E-state index is 0.0230. The van der Waals surface area contributed by atoms with E-state index < -0.39 is 0 Å². The van der Waals surface area contributed by atoms with Gasteiger partial charge in [-0.25, -0.2) is 4.98 Å². The molecule has 0 radical (unpaired) electrons. The minimum Gasteiger partial charge on any atom is -0.376 e. The fraction of sp³-hybridized carbons (Fsp3) is 0.583. The predicted molar refractivity (Wildman–Crippen MR) is 68.7 cm³/mol. The third-order valence-electron chi connectivity index (χ3n) is 3.27. The maximum absolute atomic E-state index is 5.60. The summed E-state index contributed by atoms with van der Waals surface area (Å²) in [6.45, 7) is 7.12. The monoisotopic (exact) mass is 284 g/mol. The third-order valence-corrected chi connectivity index (χ3v) is 3.87. The van der Waals surface area contributed by atoms with Crippen molar-refractivity contribution in [1.29, 1.82) is 0 Å². The summed E-state index contributed by atoms with van der Waals surface area (Å²) in [4.78, 5) is 4.41. The number of pyridine rings is 1. The van der Waals surface area contributed by atoms with Crippen LogP contribution in [0.4, 0.5) is 5.82 Å². The summed E-state index contributed by atoms with van der Waals surface area (Å²) in [6, 6.07) is 2.07. The summed E-state index contributed by atoms with van der Waals surface area (Å²) in [7, 11) is 0. The molecule has 2 unspecified atom stereocenters. The van der Waals surface area contributed by atoms with Gasteiger partial charge in [-0.05, 0) is 54.8 Å². The molecule has 2 heterocycles. The van der Waals surface area contributed by atoms with Crippen LogP contribution >= 0.6 is 15.9 Å². The second-order valence-electron chi connectivity index (χ2n) is 4.65. The van der Waals surface area contributed by atoms with Gasteiger partial charge in [0, 0.05) is 12.8 Å². The highest BCUT2D eigenvalue weighted by molar-refractivity contribution is 9.10. The van der Waals surface area contributed by atoms with Crippen molar-refractivity contribution >= 4 is 21.7 Å². The van der Waals surface area contributed by atoms with E-state index in [-0.39, 0.29) is 11.6 Å². The van der Waals surface area contributed by atoms with Crippen molar-refractivity contribution in [3.8, 4) is 0 Å². The number of hydrogen-bond acceptors (Lipinski definition) is 3. The molecule has 1 fully saturated rings. The number of aromatic nitrogens is 1. The van der Waals surface area contributed by atoms with E-state index in [2.05, 4.69) is 46.1 Å². The van der Waals surface area contributed by atoms with Crippen LogP contribution in [0.2, 0.25) is 0 Å². The van der Waals surface area contributed by atoms with Crippen LogP contribution in [-0.4, -0.2) is 23.2 Å². The molecule has 0 bridgehead atoms. The summed E-state index contributed by atoms with van der Waals surface area (Å²) >= 11 is 3.53. The highest BCUT2D eigenvalue weighted by atomic mass is 79.9. The van der Waals surface area contributed by atoms with Gasteiger partial charge in [-0.15, -0.1) is 0 Å². The Labute approximate surface area is 105 Å². The van der Waals surface area contributed by atoms with Gasteiger partial charge in [0.05, 0.1) is 16.1 Å². The van der Waals surface area contributed by atoms with Gasteiger partial charge in [0.2, 0.25) is 0 Å². The number of aryl methyl sites for hydroxylation is 1. The lowest BCUT2D eigenvalue weighted by Gasteiger charge is -2.29. The van der Waals surface area contributed by atoms with Crippen molar-refractivity contribution in [2.75, 3.05) is 11.9 Å². The average Bonchev–Trinajstić information content (AvgIpc) is 2.52. The maximum Gasteiger partial charge on any atom is 0.140 e. The van der Waals surface area contributed by atoms with Crippen LogP contribution < -0.4 is 5.32 Å². The summed E-state index contributed by atoms with van der Waals surface area (Å²) < 4.78 is 6.61. The van der Waals surface area contributed by atoms with Gasteiger partial charge in [-0.2, -0.15) is 0 Å². The van der Waals surface area contributed by atoms with Crippen molar-refractivity contribution in [2.24, 2.45) is 0 Å². The molecule has 2 atom stereocenters. The van der Waals surface area contributed by atoms with Crippen LogP contribution in [0.3, 0.4) is 0 Å². The molecule has 0 amide bonds. The second kappa shape index (κ2) is 4.34. The maximum atomic E-state index is 5.60. The quantitative estimate of drug-likeness (QED) is 0.906. The first-order chi connectivity index (χ1) is 7.51. The van der Waals surface area contributed by atoms with Gasteiger partial charge in [0.15, 0.2) is 0 Å². The first-order valence-corrected chi connectivity index (χ1v) is 6.32. The molecule has 1 aliphatic rings. The normalized spacial score (nSPS) is 29.4. The number of ether oxygens (including phenoxy) is 1. The van der Waals surface area contributed by atoms with Crippen molar-refractivity contribution < 1.29 is 4.74 Å². The van der Waals surface area contributed by atoms with E-state index in [0.29, 0.717) is 0 Å². The number of anilines is 1. The fourth-order valence-electron chi connectivity index (χ4n) is 1.90. The largest absolute Gasteiger partial charge is 0.376 e. The first kappa shape index (κ1) is 11.9. The van der Waals surface area contributed by atoms with E-state index in [4.69, 9.17) is 4.74 Å². The van der Waals surface area contributed by atoms with Crippen molar-refractivity contribution in [3.63, 3.8) is 0 Å². The number of halogens is 1. The summed E-state index contributed by atoms with van der Waals surface area (Å²) in [5.74, 6) is 0.894. The zero-order chi connectivity index (χ0) is 11.8. The molecule has 2 rings (SSSR count). The Morgan fingerprint density at radius 2 is 2.38 bits per heavy atom. The Balaban J connectivity index is 2.20. The van der Waals surface area contributed by atoms with Gasteiger partial charge in [-0.1, -0.05) is 0 Å². The molecule has 3 nitrogen and oxygen atoms in total. The van der Waals surface area contributed by atoms with Gasteiger partial charge in [0.25, 0.3) is 0 Å². The summed E-state index contributed by atoms with van der Waals surface area (Å²) in [6.07, 6.45) is 3.09. The molecule has 16 heavy (non-hydrogen) atoms. The van der Waals surface area contributed by atoms with E-state index >= 15 is 0 Å². The summed E-state index contributed by atoms with van der Waals surface area (Å²) in [5.41, 5.74) is 1.13. The van der Waals surface area contributed by atoms with Crippen LogP contribution in [0.1, 0.15) is 25.8 Å². The topological polar surface area (TPSA) is 34.2 Å². The number of nitrogens with one attached hydrogen (secondary N) is 1. The highest BCUT2D eigenvalue weighted by Crippen LogP contribution is 2.31. The first-order valence-electron chi connectivity index (χ1n) is 5.53. The lowest BCUT2D eigenvalue weighted by molar-refractivity contribution is 0.105. The molecule has 1 saturated heterocycles. The molecule has 0 saturated carbocycles. The Bertz CT molecular complexity index is 397. The third kappa shape index (κ3) is 2.23. The smallest absolute Gasteiger partial charge is 0.140 e. The van der Waals surface area contributed by atoms with Crippen molar-refractivity contribution in [2.45, 2.75) is 38.8 Å². The van der Waals surface area contributed by atoms with Crippen LogP contribution in [0.5, 0.6) is 0 Å². The fourth-order valence-corrected chi connectivity index (χ4v) is 2.46. The molecule has 0 spiro atoms. The van der Waals surface area contributed by atoms with Crippen LogP contribution in [0.25, 0.3) is 0 Å². The summed E-state index contributed by atoms with van der Waals surface area (Å²) in [5, 5.41) is 3.48. The molecule has 1 aliphatic heterocycles. The lowest BCUT2D eigenvalue weighted by atomic mass is 9.95. The van der Waals surface area contributed by atoms with Crippen molar-refractivity contribution in [3.05, 3.63) is 22.3 Å². The molecule has 1 aromatic heterocycles. The van der Waals surface area contributed by atoms with Crippen molar-refractivity contribution in [1.82, 2.24) is 4.98 Å². The van der Waals surface area contributed by atoms with Gasteiger partial charge in [-0.3, -0.25) is 0 Å². The van der Waals surface area contributed by atoms with E-state index in [1.807, 2.05) is 13.1 Å². The molecule has 1 aromatic rings. The number of hydrogen-bond donors (Lipinski definition) is 1. The zero-order valence-corrected chi connectivity index (χ0v) is 11.5. The van der Waals surface area contributed by atoms with E-state index in [0.717, 1.165) is 28.9 Å². The Morgan fingerprint density at radius 1 is 1.62 bits per heavy atom. The Kier molecular flexibility index (Phi) is 3.22. The SMILES string of the molecule is Cc1cnc(NC2(C)CCOC2C)c(Br)c1. The molecular formula is C12H17BrN2O. The van der Waals surface area contributed by atoms with Gasteiger partial charge >= 0.3 is 0 Å². The van der Waals surface area contributed by atoms with E-state index in [1.54, 1.807) is 0 Å². The lowest BCUT2D eigenvalue weighted by Crippen LogP contribution is -2.41. The molecule has 88 valence electrons. The average molecular weight is 285 g/mol. The molecule has 0 aliphatic carbocycles. The molecule has 4 heteroatoms. The van der Waals surface area contributed by atoms with E-state index in [1.165, 1.54) is 0 Å². The molecule has 0 aromatic carbocycles. The van der Waals surface area contributed by atoms with Crippen LogP contribution in [0.15, 0.2) is 16.7 Å². The van der Waals surface area contributed by atoms with Crippen LogP contribution in [0, 0.1) is 6.92 Å². The Morgan fingerprint density at radius 3 is 2.94 bits per heavy atom. The highest BCUT2D eigenvalue weighted by Gasteiger charge is 2.37. The predicted octanol–water partition coefficient (Wildman–Crippen LogP) is 3.13. The molecular weight excluding hydrogens is 268 g/mol. The van der Waals surface area contributed by atoms with E-state index in [9.17, 15) is 0 Å². The van der Waals surface area contributed by atoms with Crippen LogP contribution in [-0.2, 0) is 4.74 Å². The zero-order valence-electron chi connectivity index (χ0n) is 9.88. The van der Waals surface area contributed by atoms with Gasteiger partial charge in [0.1, 0.15) is 5.82 Å². The number of nitrogens with zero attached hydrogens (tertiary/aromatic N) is 1. The standard InChI is InChI=1S/C12H17BrN2O/c1-8-6-10(13)11(14-7-8)15-12(3)4-5-16-9(12)2/h6-7,9H,4-5H2,1-3H3,(H,14,15). The second-order valence-corrected chi connectivity index (χ2v) is 5.50.